The number of hydrogen-bond acceptors (Lipinski definition) is 4. The van der Waals surface area contributed by atoms with Crippen molar-refractivity contribution in [2.24, 2.45) is 0 Å². The highest BCUT2D eigenvalue weighted by Gasteiger charge is 2.26. The number of nitrogens with zero attached hydrogens (tertiary/aromatic N) is 1. The number of esters is 1. The highest BCUT2D eigenvalue weighted by Crippen LogP contribution is 2.37. The third kappa shape index (κ3) is 7.00. The summed E-state index contributed by atoms with van der Waals surface area (Å²) in [6, 6.07) is 13.5. The zero-order chi connectivity index (χ0) is 26.5. The molecular weight excluding hydrogens is 515 g/mol. The lowest BCUT2D eigenvalue weighted by Gasteiger charge is -2.17. The molecule has 0 atom stereocenters. The Morgan fingerprint density at radius 2 is 1.81 bits per heavy atom. The van der Waals surface area contributed by atoms with Crippen LogP contribution in [0.1, 0.15) is 29.9 Å². The molecule has 1 amide bonds. The molecule has 0 aliphatic carbocycles. The fourth-order valence-electron chi connectivity index (χ4n) is 3.69. The van der Waals surface area contributed by atoms with Crippen LogP contribution in [0.4, 0.5) is 5.69 Å². The molecule has 1 N–H and O–H groups in total. The van der Waals surface area contributed by atoms with Gasteiger partial charge in [-0.1, -0.05) is 61.0 Å². The van der Waals surface area contributed by atoms with Crippen molar-refractivity contribution >= 4 is 65.8 Å². The Balaban J connectivity index is 2.11. The molecule has 0 fully saturated rings. The number of nitrogens with one attached hydrogen (secondary N) is 1. The van der Waals surface area contributed by atoms with E-state index in [1.165, 1.54) is 0 Å². The van der Waals surface area contributed by atoms with Gasteiger partial charge in [-0.15, -0.1) is 0 Å². The molecular formula is C27H32Cl2N2O4Si. The minimum absolute atomic E-state index is 0.120. The number of hydrogen-bond donors (Lipinski definition) is 1. The van der Waals surface area contributed by atoms with Crippen LogP contribution in [0.5, 0.6) is 0 Å². The third-order valence-corrected chi connectivity index (χ3v) is 7.78. The van der Waals surface area contributed by atoms with Gasteiger partial charge in [-0.2, -0.15) is 0 Å². The van der Waals surface area contributed by atoms with E-state index in [0.717, 1.165) is 6.04 Å². The number of ether oxygens (including phenoxy) is 2. The molecule has 3 aromatic rings. The van der Waals surface area contributed by atoms with Crippen LogP contribution in [-0.4, -0.2) is 37.7 Å². The summed E-state index contributed by atoms with van der Waals surface area (Å²) in [5, 5.41) is 4.26. The van der Waals surface area contributed by atoms with Gasteiger partial charge in [0, 0.05) is 41.9 Å². The fourth-order valence-corrected chi connectivity index (χ4v) is 5.03. The Labute approximate surface area is 223 Å². The van der Waals surface area contributed by atoms with Crippen LogP contribution >= 0.6 is 23.2 Å². The molecule has 0 aliphatic heterocycles. The number of anilines is 1. The number of halogens is 2. The maximum Gasteiger partial charge on any atom is 0.355 e. The number of para-hydroxylation sites is 1. The summed E-state index contributed by atoms with van der Waals surface area (Å²) in [6.45, 7) is 11.1. The average Bonchev–Trinajstić information content (AvgIpc) is 3.10. The van der Waals surface area contributed by atoms with Gasteiger partial charge >= 0.3 is 5.97 Å². The molecule has 0 bridgehead atoms. The van der Waals surface area contributed by atoms with Crippen LogP contribution in [0.3, 0.4) is 0 Å². The van der Waals surface area contributed by atoms with E-state index in [1.54, 1.807) is 48.8 Å². The van der Waals surface area contributed by atoms with Crippen molar-refractivity contribution in [1.29, 1.82) is 0 Å². The first-order valence-electron chi connectivity index (χ1n) is 11.8. The number of fused-ring (bicyclic) bond motifs is 1. The summed E-state index contributed by atoms with van der Waals surface area (Å²) in [6.07, 6.45) is 1.66. The predicted octanol–water partition coefficient (Wildman–Crippen LogP) is 7.48. The standard InChI is InChI=1S/C27H32Cl2N2O4Si/c1-6-35-27(33)25-21(14-18(2)26(32)30-20-10-8-7-9-11-20)24-22(29)15-19(28)16-23(24)31(25)17-34-12-13-36(3,4)5/h7-11,14-16H,6,12-13,17H2,1-5H3,(H,30,32)/b18-14+. The molecule has 36 heavy (non-hydrogen) atoms. The van der Waals surface area contributed by atoms with E-state index >= 15 is 0 Å². The molecule has 0 unspecified atom stereocenters. The molecule has 1 heterocycles. The Kier molecular flexibility index (Phi) is 9.41. The Bertz CT molecular complexity index is 1280. The van der Waals surface area contributed by atoms with E-state index < -0.39 is 14.0 Å². The van der Waals surface area contributed by atoms with E-state index in [2.05, 4.69) is 25.0 Å². The maximum absolute atomic E-state index is 13.2. The van der Waals surface area contributed by atoms with E-state index in [9.17, 15) is 9.59 Å². The zero-order valence-electron chi connectivity index (χ0n) is 21.3. The zero-order valence-corrected chi connectivity index (χ0v) is 23.8. The van der Waals surface area contributed by atoms with Gasteiger partial charge in [-0.3, -0.25) is 4.79 Å². The number of benzene rings is 2. The third-order valence-electron chi connectivity index (χ3n) is 5.56. The summed E-state index contributed by atoms with van der Waals surface area (Å²) in [7, 11) is -1.30. The normalized spacial score (nSPS) is 12.1. The molecule has 192 valence electrons. The lowest BCUT2D eigenvalue weighted by Crippen LogP contribution is -2.22. The van der Waals surface area contributed by atoms with Crippen molar-refractivity contribution < 1.29 is 19.1 Å². The van der Waals surface area contributed by atoms with Gasteiger partial charge in [0.25, 0.3) is 5.91 Å². The van der Waals surface area contributed by atoms with Gasteiger partial charge in [0.2, 0.25) is 0 Å². The van der Waals surface area contributed by atoms with Crippen LogP contribution in [0.2, 0.25) is 35.7 Å². The molecule has 3 rings (SSSR count). The molecule has 1 aromatic heterocycles. The van der Waals surface area contributed by atoms with Crippen molar-refractivity contribution in [3.8, 4) is 0 Å². The first kappa shape index (κ1) is 28.0. The number of carbonyl (C=O) groups is 2. The maximum atomic E-state index is 13.2. The monoisotopic (exact) mass is 546 g/mol. The van der Waals surface area contributed by atoms with Crippen molar-refractivity contribution in [2.75, 3.05) is 18.5 Å². The Morgan fingerprint density at radius 1 is 1.11 bits per heavy atom. The first-order valence-corrected chi connectivity index (χ1v) is 16.3. The number of rotatable bonds is 10. The molecule has 0 saturated carbocycles. The van der Waals surface area contributed by atoms with Crippen molar-refractivity contribution in [1.82, 2.24) is 4.57 Å². The molecule has 6 nitrogen and oxygen atoms in total. The number of carbonyl (C=O) groups excluding carboxylic acids is 2. The largest absolute Gasteiger partial charge is 0.461 e. The minimum atomic E-state index is -1.30. The van der Waals surface area contributed by atoms with Crippen LogP contribution in [0, 0.1) is 0 Å². The summed E-state index contributed by atoms with van der Waals surface area (Å²) in [5.41, 5.74) is 2.44. The molecule has 0 radical (unpaired) electrons. The van der Waals surface area contributed by atoms with Gasteiger partial charge < -0.3 is 19.4 Å². The fraction of sp³-hybridized carbons (Fsp3) is 0.333. The van der Waals surface area contributed by atoms with E-state index in [1.807, 2.05) is 18.2 Å². The predicted molar refractivity (Wildman–Crippen MR) is 151 cm³/mol. The van der Waals surface area contributed by atoms with Crippen LogP contribution in [0.15, 0.2) is 48.0 Å². The first-order chi connectivity index (χ1) is 17.0. The lowest BCUT2D eigenvalue weighted by atomic mass is 10.1. The summed E-state index contributed by atoms with van der Waals surface area (Å²) >= 11 is 13.0. The average molecular weight is 548 g/mol. The van der Waals surface area contributed by atoms with Crippen LogP contribution < -0.4 is 5.32 Å². The summed E-state index contributed by atoms with van der Waals surface area (Å²) in [5.74, 6) is -0.828. The Morgan fingerprint density at radius 3 is 2.44 bits per heavy atom. The summed E-state index contributed by atoms with van der Waals surface area (Å²) < 4.78 is 13.1. The lowest BCUT2D eigenvalue weighted by molar-refractivity contribution is -0.112. The smallest absolute Gasteiger partial charge is 0.355 e. The highest BCUT2D eigenvalue weighted by molar-refractivity contribution is 6.76. The van der Waals surface area contributed by atoms with Crippen molar-refractivity contribution in [3.05, 3.63) is 69.3 Å². The van der Waals surface area contributed by atoms with Crippen molar-refractivity contribution in [3.63, 3.8) is 0 Å². The van der Waals surface area contributed by atoms with E-state index in [4.69, 9.17) is 32.7 Å². The van der Waals surface area contributed by atoms with Gasteiger partial charge in [0.1, 0.15) is 12.4 Å². The molecule has 0 aliphatic rings. The Hall–Kier alpha value is -2.58. The van der Waals surface area contributed by atoms with Gasteiger partial charge in [-0.25, -0.2) is 4.79 Å². The second-order valence-electron chi connectivity index (χ2n) is 9.69. The van der Waals surface area contributed by atoms with Gasteiger partial charge in [0.05, 0.1) is 17.1 Å². The topological polar surface area (TPSA) is 69.6 Å². The van der Waals surface area contributed by atoms with Gasteiger partial charge in [-0.05, 0) is 50.2 Å². The second kappa shape index (κ2) is 12.1. The van der Waals surface area contributed by atoms with Crippen LogP contribution in [0.25, 0.3) is 17.0 Å². The molecule has 0 saturated heterocycles. The van der Waals surface area contributed by atoms with E-state index in [0.29, 0.717) is 44.4 Å². The van der Waals surface area contributed by atoms with Crippen molar-refractivity contribution in [2.45, 2.75) is 46.3 Å². The highest BCUT2D eigenvalue weighted by atomic mass is 35.5. The quantitative estimate of drug-likeness (QED) is 0.124. The molecule has 0 spiro atoms. The minimum Gasteiger partial charge on any atom is -0.461 e. The molecule has 2 aromatic carbocycles. The second-order valence-corrected chi connectivity index (χ2v) is 16.2. The summed E-state index contributed by atoms with van der Waals surface area (Å²) in [4.78, 5) is 26.1. The molecule has 9 heteroatoms. The van der Waals surface area contributed by atoms with Gasteiger partial charge in [0.15, 0.2) is 0 Å². The SMILES string of the molecule is CCOC(=O)c1c(/C=C(\C)C(=O)Nc2ccccc2)c2c(Cl)cc(Cl)cc2n1COCC[Si](C)(C)C. The number of amides is 1. The number of aromatic nitrogens is 1. The van der Waals surface area contributed by atoms with Crippen LogP contribution in [-0.2, 0) is 21.0 Å². The van der Waals surface area contributed by atoms with E-state index in [-0.39, 0.29) is 24.9 Å².